The van der Waals surface area contributed by atoms with E-state index in [0.29, 0.717) is 6.61 Å². The first-order valence-electron chi connectivity index (χ1n) is 6.37. The molecule has 92 valence electrons. The number of hydrogen-bond acceptors (Lipinski definition) is 1. The Morgan fingerprint density at radius 3 is 2.62 bits per heavy atom. The van der Waals surface area contributed by atoms with Gasteiger partial charge in [-0.2, -0.15) is 0 Å². The molecule has 0 aromatic rings. The topological polar surface area (TPSA) is 9.23 Å². The van der Waals surface area contributed by atoms with Crippen molar-refractivity contribution in [1.29, 1.82) is 0 Å². The molecule has 0 spiro atoms. The van der Waals surface area contributed by atoms with E-state index >= 15 is 0 Å². The molecule has 16 heavy (non-hydrogen) atoms. The predicted octanol–water partition coefficient (Wildman–Crippen LogP) is 4.52. The van der Waals surface area contributed by atoms with Crippen molar-refractivity contribution in [3.8, 4) is 0 Å². The van der Waals surface area contributed by atoms with Gasteiger partial charge in [0.05, 0.1) is 6.61 Å². The zero-order chi connectivity index (χ0) is 12.1. The van der Waals surface area contributed by atoms with Crippen molar-refractivity contribution in [3.05, 3.63) is 37.0 Å². The van der Waals surface area contributed by atoms with Crippen LogP contribution in [0, 0.1) is 5.92 Å². The van der Waals surface area contributed by atoms with E-state index in [1.807, 2.05) is 24.3 Å². The van der Waals surface area contributed by atoms with E-state index in [-0.39, 0.29) is 0 Å². The molecule has 0 bridgehead atoms. The fraction of sp³-hybridized carbons (Fsp3) is 0.600. The number of unbranched alkanes of at least 4 members (excludes halogenated alkanes) is 1. The van der Waals surface area contributed by atoms with Gasteiger partial charge in [-0.15, -0.1) is 0 Å². The second kappa shape index (κ2) is 12.3. The molecular weight excluding hydrogens is 196 g/mol. The Kier molecular flexibility index (Phi) is 11.6. The lowest BCUT2D eigenvalue weighted by atomic mass is 10.0. The molecule has 0 aromatic carbocycles. The maximum Gasteiger partial charge on any atom is 0.0650 e. The van der Waals surface area contributed by atoms with Gasteiger partial charge in [-0.1, -0.05) is 70.1 Å². The highest BCUT2D eigenvalue weighted by molar-refractivity contribution is 5.08. The molecule has 0 aliphatic heterocycles. The Morgan fingerprint density at radius 1 is 1.19 bits per heavy atom. The highest BCUT2D eigenvalue weighted by Gasteiger charge is 2.04. The number of rotatable bonds is 10. The van der Waals surface area contributed by atoms with Crippen molar-refractivity contribution in [3.63, 3.8) is 0 Å². The van der Waals surface area contributed by atoms with Crippen LogP contribution in [0.4, 0.5) is 0 Å². The summed E-state index contributed by atoms with van der Waals surface area (Å²) in [5.74, 6) is 0.733. The fourth-order valence-electron chi connectivity index (χ4n) is 1.48. The van der Waals surface area contributed by atoms with Crippen molar-refractivity contribution in [2.45, 2.75) is 39.5 Å². The molecule has 0 aliphatic carbocycles. The van der Waals surface area contributed by atoms with Crippen molar-refractivity contribution < 1.29 is 4.74 Å². The molecule has 0 heterocycles. The van der Waals surface area contributed by atoms with Crippen LogP contribution in [0.15, 0.2) is 37.0 Å². The third-order valence-electron chi connectivity index (χ3n) is 2.61. The molecule has 1 nitrogen and oxygen atoms in total. The van der Waals surface area contributed by atoms with Gasteiger partial charge in [-0.05, 0) is 12.3 Å². The second-order valence-electron chi connectivity index (χ2n) is 4.00. The van der Waals surface area contributed by atoms with Crippen LogP contribution in [0.2, 0.25) is 0 Å². The standard InChI is InChI=1S/C15H26O/c1-4-7-9-10-11-13-16-14-15(6-3)12-8-5-2/h4,7,9-11,15H,1,5-6,8,12-14H2,2-3H3/b9-7-,11-10-. The van der Waals surface area contributed by atoms with Gasteiger partial charge < -0.3 is 4.74 Å². The van der Waals surface area contributed by atoms with E-state index in [9.17, 15) is 0 Å². The maximum absolute atomic E-state index is 5.62. The van der Waals surface area contributed by atoms with Gasteiger partial charge in [-0.3, -0.25) is 0 Å². The summed E-state index contributed by atoms with van der Waals surface area (Å²) in [6.07, 6.45) is 14.8. The summed E-state index contributed by atoms with van der Waals surface area (Å²) in [6, 6.07) is 0. The molecule has 0 amide bonds. The van der Waals surface area contributed by atoms with Gasteiger partial charge in [0.1, 0.15) is 0 Å². The molecule has 1 heteroatoms. The Labute approximate surface area is 101 Å². The van der Waals surface area contributed by atoms with Crippen molar-refractivity contribution in [2.24, 2.45) is 5.92 Å². The van der Waals surface area contributed by atoms with Gasteiger partial charge in [0.2, 0.25) is 0 Å². The van der Waals surface area contributed by atoms with Crippen molar-refractivity contribution in [2.75, 3.05) is 13.2 Å². The zero-order valence-electron chi connectivity index (χ0n) is 10.8. The number of allylic oxidation sites excluding steroid dienone is 4. The van der Waals surface area contributed by atoms with Crippen LogP contribution in [-0.2, 0) is 4.74 Å². The van der Waals surface area contributed by atoms with Crippen molar-refractivity contribution >= 4 is 0 Å². The predicted molar refractivity (Wildman–Crippen MR) is 72.6 cm³/mol. The van der Waals surface area contributed by atoms with Crippen LogP contribution >= 0.6 is 0 Å². The first-order chi connectivity index (χ1) is 7.85. The Hall–Kier alpha value is -0.820. The molecule has 1 atom stereocenters. The summed E-state index contributed by atoms with van der Waals surface area (Å²) in [4.78, 5) is 0. The molecule has 0 aliphatic rings. The van der Waals surface area contributed by atoms with E-state index in [1.165, 1.54) is 25.7 Å². The smallest absolute Gasteiger partial charge is 0.0650 e. The van der Waals surface area contributed by atoms with Gasteiger partial charge in [-0.25, -0.2) is 0 Å². The van der Waals surface area contributed by atoms with Crippen LogP contribution in [-0.4, -0.2) is 13.2 Å². The normalized spacial score (nSPS) is 13.6. The summed E-state index contributed by atoms with van der Waals surface area (Å²) in [5, 5.41) is 0. The molecule has 0 radical (unpaired) electrons. The number of hydrogen-bond donors (Lipinski definition) is 0. The van der Waals surface area contributed by atoms with Gasteiger partial charge in [0.15, 0.2) is 0 Å². The average molecular weight is 222 g/mol. The maximum atomic E-state index is 5.62. The first kappa shape index (κ1) is 15.2. The summed E-state index contributed by atoms with van der Waals surface area (Å²) < 4.78 is 5.62. The Balaban J connectivity index is 3.50. The van der Waals surface area contributed by atoms with Crippen LogP contribution in [0.1, 0.15) is 39.5 Å². The minimum atomic E-state index is 0.712. The molecule has 0 rings (SSSR count). The summed E-state index contributed by atoms with van der Waals surface area (Å²) in [7, 11) is 0. The molecule has 0 N–H and O–H groups in total. The molecule has 0 fully saturated rings. The number of ether oxygens (including phenoxy) is 1. The SMILES string of the molecule is C=C/C=C\C=C/COCC(CC)CCCC. The van der Waals surface area contributed by atoms with E-state index in [4.69, 9.17) is 4.74 Å². The van der Waals surface area contributed by atoms with Crippen LogP contribution in [0.3, 0.4) is 0 Å². The summed E-state index contributed by atoms with van der Waals surface area (Å²) in [6.45, 7) is 9.69. The zero-order valence-corrected chi connectivity index (χ0v) is 10.8. The van der Waals surface area contributed by atoms with Gasteiger partial charge in [0, 0.05) is 6.61 Å². The lowest BCUT2D eigenvalue weighted by molar-refractivity contribution is 0.116. The highest BCUT2D eigenvalue weighted by atomic mass is 16.5. The lowest BCUT2D eigenvalue weighted by Crippen LogP contribution is -2.08. The van der Waals surface area contributed by atoms with E-state index in [1.54, 1.807) is 6.08 Å². The van der Waals surface area contributed by atoms with Gasteiger partial charge in [0.25, 0.3) is 0 Å². The average Bonchev–Trinajstić information content (AvgIpc) is 2.32. The van der Waals surface area contributed by atoms with Crippen LogP contribution in [0.25, 0.3) is 0 Å². The van der Waals surface area contributed by atoms with Crippen LogP contribution in [0.5, 0.6) is 0 Å². The quantitative estimate of drug-likeness (QED) is 0.390. The second-order valence-corrected chi connectivity index (χ2v) is 4.00. The van der Waals surface area contributed by atoms with Gasteiger partial charge >= 0.3 is 0 Å². The minimum absolute atomic E-state index is 0.712. The van der Waals surface area contributed by atoms with Crippen LogP contribution < -0.4 is 0 Å². The fourth-order valence-corrected chi connectivity index (χ4v) is 1.48. The van der Waals surface area contributed by atoms with E-state index in [2.05, 4.69) is 20.4 Å². The largest absolute Gasteiger partial charge is 0.377 e. The third kappa shape index (κ3) is 9.72. The van der Waals surface area contributed by atoms with E-state index < -0.39 is 0 Å². The Morgan fingerprint density at radius 2 is 2.00 bits per heavy atom. The third-order valence-corrected chi connectivity index (χ3v) is 2.61. The Bertz CT molecular complexity index is 203. The molecule has 0 aromatic heterocycles. The molecule has 1 unspecified atom stereocenters. The highest BCUT2D eigenvalue weighted by Crippen LogP contribution is 2.12. The summed E-state index contributed by atoms with van der Waals surface area (Å²) >= 11 is 0. The summed E-state index contributed by atoms with van der Waals surface area (Å²) in [5.41, 5.74) is 0. The van der Waals surface area contributed by atoms with E-state index in [0.717, 1.165) is 12.5 Å². The molecule has 0 saturated carbocycles. The monoisotopic (exact) mass is 222 g/mol. The molecule has 0 saturated heterocycles. The molecular formula is C15H26O. The lowest BCUT2D eigenvalue weighted by Gasteiger charge is -2.13. The first-order valence-corrected chi connectivity index (χ1v) is 6.37. The van der Waals surface area contributed by atoms with Crippen molar-refractivity contribution in [1.82, 2.24) is 0 Å². The minimum Gasteiger partial charge on any atom is -0.377 e.